The summed E-state index contributed by atoms with van der Waals surface area (Å²) in [5.41, 5.74) is 1.28. The van der Waals surface area contributed by atoms with Crippen LogP contribution in [0.1, 0.15) is 18.9 Å². The van der Waals surface area contributed by atoms with Crippen molar-refractivity contribution in [1.29, 1.82) is 0 Å². The SMILES string of the molecule is C[C@H](CCc1ccccc1)NC(=O)[C@@H]1COc2ccccc2O1. The molecule has 23 heavy (non-hydrogen) atoms. The van der Waals surface area contributed by atoms with Crippen LogP contribution >= 0.6 is 0 Å². The Morgan fingerprint density at radius 1 is 1.13 bits per heavy atom. The number of nitrogens with one attached hydrogen (secondary N) is 1. The minimum absolute atomic E-state index is 0.0866. The minimum Gasteiger partial charge on any atom is -0.485 e. The van der Waals surface area contributed by atoms with Crippen LogP contribution in [0.3, 0.4) is 0 Å². The van der Waals surface area contributed by atoms with Gasteiger partial charge in [0.1, 0.15) is 6.61 Å². The molecule has 0 fully saturated rings. The summed E-state index contributed by atoms with van der Waals surface area (Å²) in [5.74, 6) is 1.18. The van der Waals surface area contributed by atoms with Crippen molar-refractivity contribution in [2.24, 2.45) is 0 Å². The van der Waals surface area contributed by atoms with Crippen LogP contribution in [0.2, 0.25) is 0 Å². The largest absolute Gasteiger partial charge is 0.485 e. The maximum absolute atomic E-state index is 12.3. The van der Waals surface area contributed by atoms with Gasteiger partial charge in [-0.15, -0.1) is 0 Å². The molecule has 2 aromatic carbocycles. The van der Waals surface area contributed by atoms with E-state index in [2.05, 4.69) is 17.4 Å². The summed E-state index contributed by atoms with van der Waals surface area (Å²) in [6.45, 7) is 2.26. The average Bonchev–Trinajstić information content (AvgIpc) is 2.60. The lowest BCUT2D eigenvalue weighted by atomic mass is 10.1. The van der Waals surface area contributed by atoms with E-state index in [0.29, 0.717) is 11.5 Å². The summed E-state index contributed by atoms with van der Waals surface area (Å²) in [7, 11) is 0. The topological polar surface area (TPSA) is 47.6 Å². The van der Waals surface area contributed by atoms with E-state index in [1.165, 1.54) is 5.56 Å². The third-order valence-corrected chi connectivity index (χ3v) is 3.90. The predicted octanol–water partition coefficient (Wildman–Crippen LogP) is 2.96. The maximum Gasteiger partial charge on any atom is 0.264 e. The zero-order valence-electron chi connectivity index (χ0n) is 13.2. The van der Waals surface area contributed by atoms with Crippen molar-refractivity contribution in [3.05, 3.63) is 60.2 Å². The summed E-state index contributed by atoms with van der Waals surface area (Å²) in [4.78, 5) is 12.3. The number of para-hydroxylation sites is 2. The second-order valence-corrected chi connectivity index (χ2v) is 5.80. The Labute approximate surface area is 136 Å². The molecular formula is C19H21NO3. The van der Waals surface area contributed by atoms with Gasteiger partial charge in [-0.05, 0) is 37.5 Å². The van der Waals surface area contributed by atoms with E-state index >= 15 is 0 Å². The van der Waals surface area contributed by atoms with Crippen molar-refractivity contribution in [3.63, 3.8) is 0 Å². The number of ether oxygens (including phenoxy) is 2. The first-order valence-corrected chi connectivity index (χ1v) is 7.95. The molecule has 1 N–H and O–H groups in total. The number of carbonyl (C=O) groups is 1. The number of hydrogen-bond donors (Lipinski definition) is 1. The van der Waals surface area contributed by atoms with E-state index < -0.39 is 6.10 Å². The van der Waals surface area contributed by atoms with E-state index in [4.69, 9.17) is 9.47 Å². The molecule has 4 heteroatoms. The number of aryl methyl sites for hydroxylation is 1. The monoisotopic (exact) mass is 311 g/mol. The number of hydrogen-bond acceptors (Lipinski definition) is 3. The second-order valence-electron chi connectivity index (χ2n) is 5.80. The number of carbonyl (C=O) groups excluding carboxylic acids is 1. The molecule has 3 rings (SSSR count). The zero-order chi connectivity index (χ0) is 16.1. The normalized spacial score (nSPS) is 17.3. The third kappa shape index (κ3) is 4.03. The quantitative estimate of drug-likeness (QED) is 0.923. The van der Waals surface area contributed by atoms with Crippen LogP contribution in [0.15, 0.2) is 54.6 Å². The molecule has 0 saturated carbocycles. The highest BCUT2D eigenvalue weighted by molar-refractivity contribution is 5.82. The number of amides is 1. The number of rotatable bonds is 5. The van der Waals surface area contributed by atoms with E-state index in [1.807, 2.05) is 49.4 Å². The molecule has 0 aromatic heterocycles. The van der Waals surface area contributed by atoms with Gasteiger partial charge in [0.15, 0.2) is 11.5 Å². The maximum atomic E-state index is 12.3. The molecule has 0 spiro atoms. The van der Waals surface area contributed by atoms with Crippen LogP contribution < -0.4 is 14.8 Å². The van der Waals surface area contributed by atoms with Crippen molar-refractivity contribution in [2.45, 2.75) is 31.9 Å². The Kier molecular flexibility index (Phi) is 4.81. The lowest BCUT2D eigenvalue weighted by Crippen LogP contribution is -2.47. The van der Waals surface area contributed by atoms with Gasteiger partial charge in [0, 0.05) is 6.04 Å². The molecular weight excluding hydrogens is 290 g/mol. The van der Waals surface area contributed by atoms with Crippen LogP contribution in [0.5, 0.6) is 11.5 Å². The van der Waals surface area contributed by atoms with Gasteiger partial charge in [-0.1, -0.05) is 42.5 Å². The zero-order valence-corrected chi connectivity index (χ0v) is 13.2. The van der Waals surface area contributed by atoms with Crippen molar-refractivity contribution >= 4 is 5.91 Å². The van der Waals surface area contributed by atoms with Gasteiger partial charge >= 0.3 is 0 Å². The first-order chi connectivity index (χ1) is 11.2. The standard InChI is InChI=1S/C19H21NO3/c1-14(11-12-15-7-3-2-4-8-15)20-19(21)18-13-22-16-9-5-6-10-17(16)23-18/h2-10,14,18H,11-13H2,1H3,(H,20,21)/t14-,18+/m1/s1. The molecule has 0 saturated heterocycles. The smallest absolute Gasteiger partial charge is 0.264 e. The lowest BCUT2D eigenvalue weighted by molar-refractivity contribution is -0.131. The molecule has 2 aromatic rings. The summed E-state index contributed by atoms with van der Waals surface area (Å²) in [6.07, 6.45) is 1.23. The highest BCUT2D eigenvalue weighted by atomic mass is 16.6. The van der Waals surface area contributed by atoms with Crippen LogP contribution in [-0.2, 0) is 11.2 Å². The van der Waals surface area contributed by atoms with Gasteiger partial charge in [-0.3, -0.25) is 4.79 Å². The minimum atomic E-state index is -0.593. The Morgan fingerprint density at radius 2 is 1.83 bits per heavy atom. The van der Waals surface area contributed by atoms with E-state index in [9.17, 15) is 4.79 Å². The van der Waals surface area contributed by atoms with Gasteiger partial charge in [0.2, 0.25) is 6.10 Å². The summed E-state index contributed by atoms with van der Waals surface area (Å²) < 4.78 is 11.3. The Balaban J connectivity index is 1.49. The molecule has 0 radical (unpaired) electrons. The van der Waals surface area contributed by atoms with Crippen molar-refractivity contribution < 1.29 is 14.3 Å². The van der Waals surface area contributed by atoms with Crippen molar-refractivity contribution in [2.75, 3.05) is 6.61 Å². The molecule has 0 unspecified atom stereocenters. The Hall–Kier alpha value is -2.49. The van der Waals surface area contributed by atoms with Gasteiger partial charge in [-0.25, -0.2) is 0 Å². The van der Waals surface area contributed by atoms with Gasteiger partial charge in [-0.2, -0.15) is 0 Å². The Morgan fingerprint density at radius 3 is 2.61 bits per heavy atom. The third-order valence-electron chi connectivity index (χ3n) is 3.90. The first kappa shape index (κ1) is 15.4. The summed E-state index contributed by atoms with van der Waals surface area (Å²) >= 11 is 0. The molecule has 1 aliphatic rings. The first-order valence-electron chi connectivity index (χ1n) is 7.95. The highest BCUT2D eigenvalue weighted by Gasteiger charge is 2.27. The van der Waals surface area contributed by atoms with Crippen LogP contribution in [0, 0.1) is 0 Å². The van der Waals surface area contributed by atoms with Crippen molar-refractivity contribution in [1.82, 2.24) is 5.32 Å². The fourth-order valence-electron chi connectivity index (χ4n) is 2.58. The fourth-order valence-corrected chi connectivity index (χ4v) is 2.58. The second kappa shape index (κ2) is 7.18. The molecule has 1 amide bonds. The van der Waals surface area contributed by atoms with E-state index in [1.54, 1.807) is 0 Å². The number of benzene rings is 2. The average molecular weight is 311 g/mol. The molecule has 0 aliphatic carbocycles. The van der Waals surface area contributed by atoms with Crippen LogP contribution in [0.4, 0.5) is 0 Å². The van der Waals surface area contributed by atoms with Crippen LogP contribution in [-0.4, -0.2) is 24.7 Å². The summed E-state index contributed by atoms with van der Waals surface area (Å²) in [5, 5.41) is 3.01. The van der Waals surface area contributed by atoms with Crippen molar-refractivity contribution in [3.8, 4) is 11.5 Å². The molecule has 1 heterocycles. The van der Waals surface area contributed by atoms with Gasteiger partial charge in [0.05, 0.1) is 0 Å². The van der Waals surface area contributed by atoms with Gasteiger partial charge < -0.3 is 14.8 Å². The van der Waals surface area contributed by atoms with Crippen LogP contribution in [0.25, 0.3) is 0 Å². The van der Waals surface area contributed by atoms with E-state index in [-0.39, 0.29) is 18.6 Å². The Bertz CT molecular complexity index is 657. The lowest BCUT2D eigenvalue weighted by Gasteiger charge is -2.26. The molecule has 0 bridgehead atoms. The van der Waals surface area contributed by atoms with Gasteiger partial charge in [0.25, 0.3) is 5.91 Å². The molecule has 1 aliphatic heterocycles. The molecule has 4 nitrogen and oxygen atoms in total. The summed E-state index contributed by atoms with van der Waals surface area (Å²) in [6, 6.07) is 17.8. The molecule has 120 valence electrons. The molecule has 2 atom stereocenters. The van der Waals surface area contributed by atoms with E-state index in [0.717, 1.165) is 12.8 Å². The predicted molar refractivity (Wildman–Crippen MR) is 88.7 cm³/mol. The fraction of sp³-hybridized carbons (Fsp3) is 0.316. The highest BCUT2D eigenvalue weighted by Crippen LogP contribution is 2.30. The number of fused-ring (bicyclic) bond motifs is 1.